The van der Waals surface area contributed by atoms with Gasteiger partial charge in [-0.2, -0.15) is 4.99 Å². The molecule has 18 heavy (non-hydrogen) atoms. The number of benzene rings is 1. The second kappa shape index (κ2) is 6.05. The Kier molecular flexibility index (Phi) is 4.71. The molecule has 0 radical (unpaired) electrons. The highest BCUT2D eigenvalue weighted by atomic mass is 16.6. The maximum atomic E-state index is 11.3. The molecule has 0 aliphatic heterocycles. The normalized spacial score (nSPS) is 12.1. The van der Waals surface area contributed by atoms with E-state index in [1.807, 2.05) is 18.2 Å². The fourth-order valence-electron chi connectivity index (χ4n) is 1.11. The standard InChI is InChI=1S/C13H18N2O3/c1-13(2,3)18-12(16)15-11(14)9-17-10-7-5-4-6-8-10/h4-8H,9H2,1-3H3,(H2,14,15,16). The van der Waals surface area contributed by atoms with Gasteiger partial charge in [-0.05, 0) is 32.9 Å². The summed E-state index contributed by atoms with van der Waals surface area (Å²) in [4.78, 5) is 14.9. The quantitative estimate of drug-likeness (QED) is 0.660. The zero-order valence-corrected chi connectivity index (χ0v) is 10.8. The van der Waals surface area contributed by atoms with E-state index in [1.54, 1.807) is 32.9 Å². The predicted molar refractivity (Wildman–Crippen MR) is 69.8 cm³/mol. The van der Waals surface area contributed by atoms with Crippen molar-refractivity contribution in [3.63, 3.8) is 0 Å². The lowest BCUT2D eigenvalue weighted by Gasteiger charge is -2.17. The van der Waals surface area contributed by atoms with Crippen molar-refractivity contribution in [2.75, 3.05) is 6.61 Å². The lowest BCUT2D eigenvalue weighted by Crippen LogP contribution is -2.26. The van der Waals surface area contributed by atoms with E-state index in [0.29, 0.717) is 5.75 Å². The van der Waals surface area contributed by atoms with Crippen molar-refractivity contribution in [2.45, 2.75) is 26.4 Å². The van der Waals surface area contributed by atoms with Crippen LogP contribution in [0.1, 0.15) is 20.8 Å². The summed E-state index contributed by atoms with van der Waals surface area (Å²) in [6, 6.07) is 9.15. The molecule has 0 atom stereocenters. The summed E-state index contributed by atoms with van der Waals surface area (Å²) in [5.74, 6) is 0.743. The molecule has 0 saturated heterocycles. The Labute approximate surface area is 107 Å². The maximum absolute atomic E-state index is 11.3. The molecule has 0 aliphatic carbocycles. The molecule has 1 rings (SSSR count). The van der Waals surface area contributed by atoms with Crippen LogP contribution in [0.25, 0.3) is 0 Å². The molecule has 1 aromatic carbocycles. The minimum Gasteiger partial charge on any atom is -0.486 e. The summed E-state index contributed by atoms with van der Waals surface area (Å²) in [7, 11) is 0. The van der Waals surface area contributed by atoms with Crippen LogP contribution in [0.3, 0.4) is 0 Å². The molecule has 0 spiro atoms. The second-order valence-corrected chi connectivity index (χ2v) is 4.69. The van der Waals surface area contributed by atoms with Gasteiger partial charge in [0.15, 0.2) is 0 Å². The molecule has 0 bridgehead atoms. The van der Waals surface area contributed by atoms with Gasteiger partial charge < -0.3 is 15.2 Å². The number of carbonyl (C=O) groups is 1. The van der Waals surface area contributed by atoms with Crippen molar-refractivity contribution in [3.8, 4) is 5.75 Å². The summed E-state index contributed by atoms with van der Waals surface area (Å²) in [6.07, 6.45) is -0.711. The van der Waals surface area contributed by atoms with Gasteiger partial charge in [0.25, 0.3) is 0 Å². The van der Waals surface area contributed by atoms with Gasteiger partial charge in [0.2, 0.25) is 0 Å². The van der Waals surface area contributed by atoms with Crippen LogP contribution in [0.2, 0.25) is 0 Å². The lowest BCUT2D eigenvalue weighted by atomic mass is 10.2. The Balaban J connectivity index is 2.45. The van der Waals surface area contributed by atoms with Gasteiger partial charge >= 0.3 is 6.09 Å². The first-order valence-corrected chi connectivity index (χ1v) is 5.61. The SMILES string of the molecule is CC(C)(C)OC(=O)/N=C(\N)COc1ccccc1. The third-order valence-electron chi connectivity index (χ3n) is 1.76. The maximum Gasteiger partial charge on any atom is 0.435 e. The van der Waals surface area contributed by atoms with Crippen LogP contribution in [0.4, 0.5) is 4.79 Å². The van der Waals surface area contributed by atoms with Crippen molar-refractivity contribution in [1.82, 2.24) is 0 Å². The van der Waals surface area contributed by atoms with E-state index in [2.05, 4.69) is 4.99 Å². The van der Waals surface area contributed by atoms with E-state index in [1.165, 1.54) is 0 Å². The minimum absolute atomic E-state index is 0.0449. The highest BCUT2D eigenvalue weighted by molar-refractivity contribution is 5.91. The number of amidine groups is 1. The highest BCUT2D eigenvalue weighted by Gasteiger charge is 2.15. The zero-order chi connectivity index (χ0) is 13.6. The lowest BCUT2D eigenvalue weighted by molar-refractivity contribution is 0.0603. The number of hydrogen-bond donors (Lipinski definition) is 1. The Morgan fingerprint density at radius 1 is 1.28 bits per heavy atom. The van der Waals surface area contributed by atoms with Crippen molar-refractivity contribution in [1.29, 1.82) is 0 Å². The molecule has 0 fully saturated rings. The summed E-state index contributed by atoms with van der Waals surface area (Å²) in [5, 5.41) is 0. The predicted octanol–water partition coefficient (Wildman–Crippen LogP) is 2.36. The second-order valence-electron chi connectivity index (χ2n) is 4.69. The number of carbonyl (C=O) groups excluding carboxylic acids is 1. The Hall–Kier alpha value is -2.04. The third kappa shape index (κ3) is 5.89. The van der Waals surface area contributed by atoms with Crippen LogP contribution >= 0.6 is 0 Å². The first-order valence-electron chi connectivity index (χ1n) is 5.61. The van der Waals surface area contributed by atoms with Gasteiger partial charge in [-0.15, -0.1) is 0 Å². The molecule has 1 amide bonds. The topological polar surface area (TPSA) is 73.9 Å². The van der Waals surface area contributed by atoms with Crippen LogP contribution in [0, 0.1) is 0 Å². The van der Waals surface area contributed by atoms with Crippen LogP contribution in [0.5, 0.6) is 5.75 Å². The average Bonchev–Trinajstić information content (AvgIpc) is 2.25. The first-order chi connectivity index (χ1) is 8.37. The molecule has 0 heterocycles. The molecular formula is C13H18N2O3. The number of aliphatic imine (C=N–C) groups is 1. The average molecular weight is 250 g/mol. The number of rotatable bonds is 3. The highest BCUT2D eigenvalue weighted by Crippen LogP contribution is 2.09. The van der Waals surface area contributed by atoms with E-state index in [-0.39, 0.29) is 12.4 Å². The molecule has 0 aromatic heterocycles. The van der Waals surface area contributed by atoms with Crippen LogP contribution in [-0.4, -0.2) is 24.1 Å². The molecule has 0 aliphatic rings. The number of para-hydroxylation sites is 1. The number of amides is 1. The van der Waals surface area contributed by atoms with Crippen molar-refractivity contribution in [2.24, 2.45) is 10.7 Å². The summed E-state index contributed by atoms with van der Waals surface area (Å²) < 4.78 is 10.3. The Bertz CT molecular complexity index is 422. The molecule has 5 heteroatoms. The summed E-state index contributed by atoms with van der Waals surface area (Å²) in [6.45, 7) is 5.33. The first kappa shape index (κ1) is 14.0. The van der Waals surface area contributed by atoms with Gasteiger partial charge in [0, 0.05) is 0 Å². The molecular weight excluding hydrogens is 232 g/mol. The van der Waals surface area contributed by atoms with E-state index in [4.69, 9.17) is 15.2 Å². The molecule has 98 valence electrons. The summed E-state index contributed by atoms with van der Waals surface area (Å²) in [5.41, 5.74) is 4.98. The van der Waals surface area contributed by atoms with E-state index in [9.17, 15) is 4.79 Å². The van der Waals surface area contributed by atoms with E-state index >= 15 is 0 Å². The monoisotopic (exact) mass is 250 g/mol. The van der Waals surface area contributed by atoms with E-state index in [0.717, 1.165) is 0 Å². The zero-order valence-electron chi connectivity index (χ0n) is 10.8. The van der Waals surface area contributed by atoms with Crippen LogP contribution in [0.15, 0.2) is 35.3 Å². The molecule has 1 aromatic rings. The van der Waals surface area contributed by atoms with Crippen molar-refractivity contribution < 1.29 is 14.3 Å². The summed E-state index contributed by atoms with van der Waals surface area (Å²) >= 11 is 0. The van der Waals surface area contributed by atoms with Crippen molar-refractivity contribution in [3.05, 3.63) is 30.3 Å². The van der Waals surface area contributed by atoms with Gasteiger partial charge in [-0.1, -0.05) is 18.2 Å². The van der Waals surface area contributed by atoms with Gasteiger partial charge in [0.05, 0.1) is 0 Å². The number of hydrogen-bond acceptors (Lipinski definition) is 3. The van der Waals surface area contributed by atoms with E-state index < -0.39 is 11.7 Å². The Morgan fingerprint density at radius 2 is 1.89 bits per heavy atom. The van der Waals surface area contributed by atoms with Crippen LogP contribution in [-0.2, 0) is 4.74 Å². The fourth-order valence-corrected chi connectivity index (χ4v) is 1.11. The van der Waals surface area contributed by atoms with Crippen LogP contribution < -0.4 is 10.5 Å². The molecule has 0 unspecified atom stereocenters. The molecule has 0 saturated carbocycles. The molecule has 5 nitrogen and oxygen atoms in total. The van der Waals surface area contributed by atoms with Crippen molar-refractivity contribution >= 4 is 11.9 Å². The fraction of sp³-hybridized carbons (Fsp3) is 0.385. The number of nitrogens with two attached hydrogens (primary N) is 1. The number of nitrogens with zero attached hydrogens (tertiary/aromatic N) is 1. The van der Waals surface area contributed by atoms with Gasteiger partial charge in [0.1, 0.15) is 23.8 Å². The largest absolute Gasteiger partial charge is 0.486 e. The smallest absolute Gasteiger partial charge is 0.435 e. The van der Waals surface area contributed by atoms with Gasteiger partial charge in [-0.25, -0.2) is 4.79 Å². The third-order valence-corrected chi connectivity index (χ3v) is 1.76. The van der Waals surface area contributed by atoms with Gasteiger partial charge in [-0.3, -0.25) is 0 Å². The number of ether oxygens (including phenoxy) is 2. The minimum atomic E-state index is -0.711. The molecule has 2 N–H and O–H groups in total. The Morgan fingerprint density at radius 3 is 2.44 bits per heavy atom.